The number of hydrogen-bond acceptors (Lipinski definition) is 7. The minimum Gasteiger partial charge on any atom is -0.361 e. The lowest BCUT2D eigenvalue weighted by atomic mass is 10.2. The quantitative estimate of drug-likeness (QED) is 0.683. The predicted octanol–water partition coefficient (Wildman–Crippen LogP) is 1.32. The standard InChI is InChI=1S/C15H15ClN8O/c1-2-17-14(25)9-19-13-5-11(12(16)8-18-13)15-20-6-10(7-21-15)24-22-3-4-23-24/h3-8H,2,9H2,1H3,(H,17,25)(H,18,19). The Morgan fingerprint density at radius 3 is 2.56 bits per heavy atom. The Morgan fingerprint density at radius 1 is 1.16 bits per heavy atom. The van der Waals surface area contributed by atoms with Crippen molar-refractivity contribution in [3.8, 4) is 17.1 Å². The molecular weight excluding hydrogens is 344 g/mol. The van der Waals surface area contributed by atoms with E-state index in [9.17, 15) is 4.79 Å². The zero-order valence-corrected chi connectivity index (χ0v) is 14.1. The van der Waals surface area contributed by atoms with Crippen LogP contribution in [-0.4, -0.2) is 48.9 Å². The first kappa shape index (κ1) is 16.8. The number of rotatable bonds is 6. The monoisotopic (exact) mass is 358 g/mol. The van der Waals surface area contributed by atoms with Crippen LogP contribution in [0.3, 0.4) is 0 Å². The van der Waals surface area contributed by atoms with Crippen molar-refractivity contribution < 1.29 is 4.79 Å². The third kappa shape index (κ3) is 4.07. The van der Waals surface area contributed by atoms with Crippen LogP contribution in [0, 0.1) is 0 Å². The molecule has 0 aliphatic rings. The van der Waals surface area contributed by atoms with Gasteiger partial charge in [-0.15, -0.1) is 4.80 Å². The largest absolute Gasteiger partial charge is 0.361 e. The molecule has 0 aliphatic carbocycles. The van der Waals surface area contributed by atoms with E-state index in [1.165, 1.54) is 11.0 Å². The van der Waals surface area contributed by atoms with Crippen LogP contribution in [0.1, 0.15) is 6.92 Å². The fraction of sp³-hybridized carbons (Fsp3) is 0.200. The molecule has 1 amide bonds. The number of hydrogen-bond donors (Lipinski definition) is 2. The Kier molecular flexibility index (Phi) is 5.14. The van der Waals surface area contributed by atoms with E-state index < -0.39 is 0 Å². The van der Waals surface area contributed by atoms with Gasteiger partial charge >= 0.3 is 0 Å². The van der Waals surface area contributed by atoms with Gasteiger partial charge in [-0.25, -0.2) is 15.0 Å². The lowest BCUT2D eigenvalue weighted by Crippen LogP contribution is -2.29. The number of nitrogens with zero attached hydrogens (tertiary/aromatic N) is 6. The third-order valence-electron chi connectivity index (χ3n) is 3.19. The van der Waals surface area contributed by atoms with E-state index in [1.807, 2.05) is 6.92 Å². The van der Waals surface area contributed by atoms with E-state index in [4.69, 9.17) is 11.6 Å². The fourth-order valence-corrected chi connectivity index (χ4v) is 2.24. The summed E-state index contributed by atoms with van der Waals surface area (Å²) < 4.78 is 0. The summed E-state index contributed by atoms with van der Waals surface area (Å²) in [5.74, 6) is 0.824. The van der Waals surface area contributed by atoms with Gasteiger partial charge in [-0.3, -0.25) is 4.79 Å². The average Bonchev–Trinajstić information content (AvgIpc) is 3.16. The zero-order valence-electron chi connectivity index (χ0n) is 13.3. The maximum Gasteiger partial charge on any atom is 0.239 e. The number of anilines is 1. The van der Waals surface area contributed by atoms with Crippen LogP contribution in [0.2, 0.25) is 5.02 Å². The van der Waals surface area contributed by atoms with Gasteiger partial charge < -0.3 is 10.6 Å². The molecule has 0 spiro atoms. The van der Waals surface area contributed by atoms with Gasteiger partial charge in [-0.2, -0.15) is 10.2 Å². The minimum atomic E-state index is -0.117. The number of halogens is 1. The van der Waals surface area contributed by atoms with E-state index in [0.717, 1.165) is 0 Å². The number of likely N-dealkylation sites (N-methyl/N-ethyl adjacent to an activating group) is 1. The molecular formula is C15H15ClN8O. The summed E-state index contributed by atoms with van der Waals surface area (Å²) in [6.45, 7) is 2.55. The molecule has 3 heterocycles. The molecule has 128 valence electrons. The van der Waals surface area contributed by atoms with Gasteiger partial charge in [0, 0.05) is 18.3 Å². The van der Waals surface area contributed by atoms with Gasteiger partial charge in [0.05, 0.1) is 36.4 Å². The minimum absolute atomic E-state index is 0.117. The van der Waals surface area contributed by atoms with Gasteiger partial charge in [0.2, 0.25) is 5.91 Å². The summed E-state index contributed by atoms with van der Waals surface area (Å²) in [5.41, 5.74) is 1.24. The van der Waals surface area contributed by atoms with Gasteiger partial charge in [0.15, 0.2) is 5.82 Å². The Labute approximate surface area is 148 Å². The number of carbonyl (C=O) groups is 1. The first-order chi connectivity index (χ1) is 12.2. The van der Waals surface area contributed by atoms with Crippen molar-refractivity contribution in [3.05, 3.63) is 42.1 Å². The predicted molar refractivity (Wildman–Crippen MR) is 92.4 cm³/mol. The molecule has 0 unspecified atom stereocenters. The molecule has 0 fully saturated rings. The molecule has 3 rings (SSSR count). The van der Waals surface area contributed by atoms with Crippen molar-refractivity contribution in [2.24, 2.45) is 0 Å². The number of amides is 1. The van der Waals surface area contributed by atoms with Crippen LogP contribution in [0.25, 0.3) is 17.1 Å². The summed E-state index contributed by atoms with van der Waals surface area (Å²) >= 11 is 6.20. The second kappa shape index (κ2) is 7.67. The molecule has 0 bridgehead atoms. The Balaban J connectivity index is 1.79. The maximum atomic E-state index is 11.5. The Hall–Kier alpha value is -3.07. The molecule has 0 aliphatic heterocycles. The first-order valence-electron chi connectivity index (χ1n) is 7.52. The molecule has 25 heavy (non-hydrogen) atoms. The van der Waals surface area contributed by atoms with Gasteiger partial charge in [-0.05, 0) is 13.0 Å². The van der Waals surface area contributed by atoms with Gasteiger partial charge in [0.25, 0.3) is 0 Å². The number of pyridine rings is 1. The number of carbonyl (C=O) groups excluding carboxylic acids is 1. The normalized spacial score (nSPS) is 10.5. The van der Waals surface area contributed by atoms with Gasteiger partial charge in [0.1, 0.15) is 11.5 Å². The van der Waals surface area contributed by atoms with Crippen LogP contribution in [0.15, 0.2) is 37.1 Å². The lowest BCUT2D eigenvalue weighted by molar-refractivity contribution is -0.119. The van der Waals surface area contributed by atoms with E-state index >= 15 is 0 Å². The molecule has 10 heteroatoms. The zero-order chi connectivity index (χ0) is 17.6. The fourth-order valence-electron chi connectivity index (χ4n) is 2.05. The molecule has 9 nitrogen and oxygen atoms in total. The van der Waals surface area contributed by atoms with Crippen molar-refractivity contribution in [1.82, 2.24) is 35.3 Å². The van der Waals surface area contributed by atoms with Crippen molar-refractivity contribution in [2.75, 3.05) is 18.4 Å². The molecule has 0 saturated carbocycles. The second-order valence-corrected chi connectivity index (χ2v) is 5.35. The lowest BCUT2D eigenvalue weighted by Gasteiger charge is -2.09. The summed E-state index contributed by atoms with van der Waals surface area (Å²) in [7, 11) is 0. The number of aromatic nitrogens is 6. The molecule has 3 aromatic rings. The van der Waals surface area contributed by atoms with Crippen LogP contribution in [0.5, 0.6) is 0 Å². The Morgan fingerprint density at radius 2 is 1.88 bits per heavy atom. The van der Waals surface area contributed by atoms with Crippen LogP contribution >= 0.6 is 11.6 Å². The molecule has 0 aromatic carbocycles. The highest BCUT2D eigenvalue weighted by molar-refractivity contribution is 6.33. The average molecular weight is 359 g/mol. The highest BCUT2D eigenvalue weighted by Gasteiger charge is 2.10. The van der Waals surface area contributed by atoms with E-state index in [0.29, 0.717) is 34.5 Å². The highest BCUT2D eigenvalue weighted by Crippen LogP contribution is 2.26. The smallest absolute Gasteiger partial charge is 0.239 e. The maximum absolute atomic E-state index is 11.5. The van der Waals surface area contributed by atoms with Crippen molar-refractivity contribution >= 4 is 23.3 Å². The molecule has 3 aromatic heterocycles. The summed E-state index contributed by atoms with van der Waals surface area (Å²) in [6.07, 6.45) is 7.83. The third-order valence-corrected chi connectivity index (χ3v) is 3.49. The van der Waals surface area contributed by atoms with Gasteiger partial charge in [-0.1, -0.05) is 11.6 Å². The summed E-state index contributed by atoms with van der Waals surface area (Å²) in [5, 5.41) is 14.1. The summed E-state index contributed by atoms with van der Waals surface area (Å²) in [6, 6.07) is 1.70. The number of nitrogens with one attached hydrogen (secondary N) is 2. The van der Waals surface area contributed by atoms with Crippen LogP contribution in [-0.2, 0) is 4.79 Å². The van der Waals surface area contributed by atoms with Crippen LogP contribution < -0.4 is 10.6 Å². The van der Waals surface area contributed by atoms with E-state index in [2.05, 4.69) is 35.8 Å². The Bertz CT molecular complexity index is 850. The molecule has 0 atom stereocenters. The van der Waals surface area contributed by atoms with Crippen molar-refractivity contribution in [1.29, 1.82) is 0 Å². The van der Waals surface area contributed by atoms with Crippen LogP contribution in [0.4, 0.5) is 5.82 Å². The van der Waals surface area contributed by atoms with Crippen molar-refractivity contribution in [3.63, 3.8) is 0 Å². The SMILES string of the molecule is CCNC(=O)CNc1cc(-c2ncc(-n3nccn3)cn2)c(Cl)cn1. The molecule has 0 saturated heterocycles. The first-order valence-corrected chi connectivity index (χ1v) is 7.90. The topological polar surface area (TPSA) is 111 Å². The van der Waals surface area contributed by atoms with E-state index in [-0.39, 0.29) is 12.5 Å². The molecule has 0 radical (unpaired) electrons. The second-order valence-electron chi connectivity index (χ2n) is 4.94. The van der Waals surface area contributed by atoms with E-state index in [1.54, 1.807) is 30.9 Å². The summed E-state index contributed by atoms with van der Waals surface area (Å²) in [4.78, 5) is 25.7. The highest BCUT2D eigenvalue weighted by atomic mass is 35.5. The molecule has 2 N–H and O–H groups in total. The van der Waals surface area contributed by atoms with Crippen molar-refractivity contribution in [2.45, 2.75) is 6.92 Å².